The van der Waals surface area contributed by atoms with Crippen molar-refractivity contribution in [2.75, 3.05) is 32.9 Å². The van der Waals surface area contributed by atoms with Gasteiger partial charge in [0.15, 0.2) is 0 Å². The van der Waals surface area contributed by atoms with Crippen LogP contribution in [0, 0.1) is 63.1 Å². The molecule has 56 heavy (non-hydrogen) atoms. The predicted octanol–water partition coefficient (Wildman–Crippen LogP) is 10.2. The first-order valence-corrected chi connectivity index (χ1v) is 22.3. The standard InChI is InChI=1S/C49H70FN3O3/c1-32(2)36-17-22-49(52-26-28-53-27-25-51-44(53)55)24-23-47(6)39(42(36)49)15-16-41-46(5)20-18-38(45(3,4)40(46)19-21-48(41,47)7)34-13-14-37(35(29-34)30-50)43(54)56-31-33-11-9-8-10-12-33/h8-12,18,29,35-37,39-42,52H,1,13-17,19-28,30-31H2,2-7H3,(H,51,55)/t35-,36-,37+,39+,40-,41+,42+,46-,47+,48+,49-/m0/s1. The number of benzene rings is 1. The second-order valence-corrected chi connectivity index (χ2v) is 20.8. The summed E-state index contributed by atoms with van der Waals surface area (Å²) in [4.78, 5) is 27.6. The Labute approximate surface area is 336 Å². The smallest absolute Gasteiger partial charge is 0.317 e. The summed E-state index contributed by atoms with van der Waals surface area (Å²) in [6.07, 6.45) is 17.2. The molecule has 1 saturated heterocycles. The lowest BCUT2D eigenvalue weighted by Gasteiger charge is -2.72. The second-order valence-electron chi connectivity index (χ2n) is 20.8. The van der Waals surface area contributed by atoms with E-state index < -0.39 is 18.5 Å². The van der Waals surface area contributed by atoms with Crippen molar-refractivity contribution in [1.29, 1.82) is 0 Å². The second kappa shape index (κ2) is 14.7. The molecule has 2 amide bonds. The molecular weight excluding hydrogens is 698 g/mol. The van der Waals surface area contributed by atoms with Crippen LogP contribution in [0.4, 0.5) is 9.18 Å². The van der Waals surface area contributed by atoms with Crippen molar-refractivity contribution in [3.05, 3.63) is 71.3 Å². The molecule has 0 spiro atoms. The van der Waals surface area contributed by atoms with Gasteiger partial charge in [0.1, 0.15) is 6.61 Å². The molecule has 1 aromatic rings. The van der Waals surface area contributed by atoms with E-state index in [0.717, 1.165) is 44.6 Å². The Morgan fingerprint density at radius 1 is 0.964 bits per heavy atom. The lowest BCUT2D eigenvalue weighted by molar-refractivity contribution is -0.221. The molecule has 6 aliphatic carbocycles. The molecule has 306 valence electrons. The third-order valence-corrected chi connectivity index (χ3v) is 18.2. The fraction of sp³-hybridized carbons (Fsp3) is 0.714. The van der Waals surface area contributed by atoms with E-state index in [1.165, 1.54) is 68.1 Å². The minimum Gasteiger partial charge on any atom is -0.461 e. The zero-order valence-electron chi connectivity index (χ0n) is 35.4. The number of hydrogen-bond acceptors (Lipinski definition) is 4. The molecule has 0 radical (unpaired) electrons. The van der Waals surface area contributed by atoms with Crippen molar-refractivity contribution in [1.82, 2.24) is 15.5 Å². The number of nitrogens with one attached hydrogen (secondary N) is 2. The number of carbonyl (C=O) groups excluding carboxylic acids is 2. The molecule has 7 heteroatoms. The maximum Gasteiger partial charge on any atom is 0.317 e. The third kappa shape index (κ3) is 6.25. The fourth-order valence-electron chi connectivity index (χ4n) is 15.3. The van der Waals surface area contributed by atoms with E-state index in [9.17, 15) is 14.0 Å². The summed E-state index contributed by atoms with van der Waals surface area (Å²) >= 11 is 0. The van der Waals surface area contributed by atoms with Gasteiger partial charge < -0.3 is 20.3 Å². The average molecular weight is 768 g/mol. The molecule has 1 aromatic carbocycles. The molecule has 0 bridgehead atoms. The maximum absolute atomic E-state index is 14.7. The number of alkyl halides is 1. The number of allylic oxidation sites excluding steroid dienone is 5. The number of hydrogen-bond donors (Lipinski definition) is 2. The summed E-state index contributed by atoms with van der Waals surface area (Å²) in [5, 5.41) is 7.14. The Bertz CT molecular complexity index is 1750. The van der Waals surface area contributed by atoms with Crippen LogP contribution in [0.2, 0.25) is 0 Å². The molecule has 7 aliphatic rings. The lowest BCUT2D eigenvalue weighted by Crippen LogP contribution is -2.68. The zero-order valence-corrected chi connectivity index (χ0v) is 35.4. The van der Waals surface area contributed by atoms with E-state index in [2.05, 4.69) is 70.9 Å². The topological polar surface area (TPSA) is 70.7 Å². The minimum atomic E-state index is -0.538. The Morgan fingerprint density at radius 2 is 1.75 bits per heavy atom. The molecule has 2 N–H and O–H groups in total. The van der Waals surface area contributed by atoms with Gasteiger partial charge in [0.25, 0.3) is 0 Å². The number of nitrogens with zero attached hydrogens (tertiary/aromatic N) is 1. The summed E-state index contributed by atoms with van der Waals surface area (Å²) < 4.78 is 20.5. The van der Waals surface area contributed by atoms with Gasteiger partial charge in [0, 0.05) is 37.6 Å². The van der Waals surface area contributed by atoms with Crippen LogP contribution in [-0.4, -0.2) is 55.3 Å². The molecule has 1 heterocycles. The van der Waals surface area contributed by atoms with Crippen LogP contribution in [0.25, 0.3) is 0 Å². The lowest BCUT2D eigenvalue weighted by atomic mass is 9.33. The number of fused-ring (bicyclic) bond motifs is 7. The van der Waals surface area contributed by atoms with Crippen LogP contribution in [0.3, 0.4) is 0 Å². The highest BCUT2D eigenvalue weighted by atomic mass is 19.1. The highest BCUT2D eigenvalue weighted by Crippen LogP contribution is 2.76. The molecule has 4 saturated carbocycles. The molecule has 0 aromatic heterocycles. The number of ether oxygens (including phenoxy) is 1. The number of halogens is 1. The Kier molecular flexibility index (Phi) is 10.5. The Balaban J connectivity index is 1.02. The van der Waals surface area contributed by atoms with Crippen molar-refractivity contribution in [2.24, 2.45) is 63.1 Å². The first-order chi connectivity index (χ1) is 26.7. The number of esters is 1. The summed E-state index contributed by atoms with van der Waals surface area (Å²) in [5.74, 6) is 1.85. The van der Waals surface area contributed by atoms with Gasteiger partial charge in [0.2, 0.25) is 0 Å². The van der Waals surface area contributed by atoms with E-state index in [4.69, 9.17) is 4.74 Å². The van der Waals surface area contributed by atoms with Crippen LogP contribution >= 0.6 is 0 Å². The van der Waals surface area contributed by atoms with E-state index in [1.807, 2.05) is 35.2 Å². The SMILES string of the molecule is C=C(C)[C@@H]1CC[C@]2(NCCN3CCNC3=O)CC[C@]3(C)[C@H](CC[C@@H]4[C@@]5(C)CC=C(C6=C[C@@H](CF)[C@H](C(=O)OCc7ccccc7)CC6)C(C)(C)[C@@H]5CC[C@]43C)[C@@H]12. The van der Waals surface area contributed by atoms with Crippen molar-refractivity contribution in [3.8, 4) is 0 Å². The van der Waals surface area contributed by atoms with Gasteiger partial charge in [-0.2, -0.15) is 0 Å². The van der Waals surface area contributed by atoms with Crippen molar-refractivity contribution < 1.29 is 18.7 Å². The van der Waals surface area contributed by atoms with Crippen molar-refractivity contribution >= 4 is 12.0 Å². The van der Waals surface area contributed by atoms with Gasteiger partial charge in [-0.15, -0.1) is 0 Å². The van der Waals surface area contributed by atoms with Gasteiger partial charge in [-0.1, -0.05) is 89.3 Å². The van der Waals surface area contributed by atoms with Crippen molar-refractivity contribution in [3.63, 3.8) is 0 Å². The van der Waals surface area contributed by atoms with Gasteiger partial charge in [0.05, 0.1) is 12.6 Å². The highest BCUT2D eigenvalue weighted by molar-refractivity contribution is 5.76. The monoisotopic (exact) mass is 768 g/mol. The molecule has 6 nitrogen and oxygen atoms in total. The highest BCUT2D eigenvalue weighted by Gasteiger charge is 2.70. The quantitative estimate of drug-likeness (QED) is 0.184. The third-order valence-electron chi connectivity index (χ3n) is 18.2. The normalized spacial score (nSPS) is 41.3. The van der Waals surface area contributed by atoms with Crippen LogP contribution in [0.1, 0.15) is 118 Å². The molecule has 11 atom stereocenters. The first kappa shape index (κ1) is 39.9. The summed E-state index contributed by atoms with van der Waals surface area (Å²) in [6.45, 7) is 22.8. The number of amides is 2. The molecule has 0 unspecified atom stereocenters. The predicted molar refractivity (Wildman–Crippen MR) is 222 cm³/mol. The van der Waals surface area contributed by atoms with E-state index in [-0.39, 0.29) is 45.8 Å². The molecular formula is C49H70FN3O3. The van der Waals surface area contributed by atoms with Crippen LogP contribution < -0.4 is 10.6 Å². The van der Waals surface area contributed by atoms with E-state index >= 15 is 0 Å². The summed E-state index contributed by atoms with van der Waals surface area (Å²) in [7, 11) is 0. The first-order valence-electron chi connectivity index (χ1n) is 22.3. The van der Waals surface area contributed by atoms with Gasteiger partial charge in [-0.3, -0.25) is 9.18 Å². The molecule has 1 aliphatic heterocycles. The number of urea groups is 1. The number of carbonyl (C=O) groups is 2. The van der Waals surface area contributed by atoms with Crippen molar-refractivity contribution in [2.45, 2.75) is 124 Å². The Hall–Kier alpha value is -2.93. The van der Waals surface area contributed by atoms with Crippen LogP contribution in [0.5, 0.6) is 0 Å². The summed E-state index contributed by atoms with van der Waals surface area (Å²) in [6, 6.07) is 9.83. The van der Waals surface area contributed by atoms with Gasteiger partial charge in [-0.05, 0) is 146 Å². The Morgan fingerprint density at radius 3 is 2.46 bits per heavy atom. The van der Waals surface area contributed by atoms with Gasteiger partial charge >= 0.3 is 12.0 Å². The maximum atomic E-state index is 14.7. The van der Waals surface area contributed by atoms with Crippen LogP contribution in [0.15, 0.2) is 65.8 Å². The average Bonchev–Trinajstić information content (AvgIpc) is 3.77. The molecule has 5 fully saturated rings. The molecule has 8 rings (SSSR count). The van der Waals surface area contributed by atoms with Crippen LogP contribution in [-0.2, 0) is 16.1 Å². The fourth-order valence-corrected chi connectivity index (χ4v) is 15.3. The number of rotatable bonds is 10. The zero-order chi connectivity index (χ0) is 39.7. The summed E-state index contributed by atoms with van der Waals surface area (Å²) in [5.41, 5.74) is 5.79. The van der Waals surface area contributed by atoms with Gasteiger partial charge in [-0.25, -0.2) is 4.79 Å². The van der Waals surface area contributed by atoms with E-state index in [1.54, 1.807) is 0 Å². The van der Waals surface area contributed by atoms with E-state index in [0.29, 0.717) is 36.0 Å². The largest absolute Gasteiger partial charge is 0.461 e. The minimum absolute atomic E-state index is 0.0339.